The minimum Gasteiger partial charge on any atom is -0.497 e. The summed E-state index contributed by atoms with van der Waals surface area (Å²) in [6.45, 7) is 0.206. The number of ether oxygens (including phenoxy) is 2. The first-order valence-corrected chi connectivity index (χ1v) is 12.8. The summed E-state index contributed by atoms with van der Waals surface area (Å²) in [4.78, 5) is 33.6. The average molecular weight is 530 g/mol. The number of fused-ring (bicyclic) bond motifs is 1. The molecule has 5 aromatic rings. The van der Waals surface area contributed by atoms with Gasteiger partial charge in [0, 0.05) is 17.8 Å². The predicted molar refractivity (Wildman–Crippen MR) is 144 cm³/mol. The molecule has 1 amide bonds. The molecule has 9 heteroatoms. The average Bonchev–Trinajstić information content (AvgIpc) is 3.48. The van der Waals surface area contributed by atoms with Crippen LogP contribution in [0.25, 0.3) is 10.9 Å². The topological polar surface area (TPSA) is 93.3 Å². The van der Waals surface area contributed by atoms with Crippen LogP contribution in [0.1, 0.15) is 32.7 Å². The van der Waals surface area contributed by atoms with Crippen molar-refractivity contribution in [2.45, 2.75) is 19.1 Å². The van der Waals surface area contributed by atoms with E-state index in [0.717, 1.165) is 16.0 Å². The van der Waals surface area contributed by atoms with Crippen LogP contribution in [0.3, 0.4) is 0 Å². The van der Waals surface area contributed by atoms with Gasteiger partial charge in [0.2, 0.25) is 0 Å². The lowest BCUT2D eigenvalue weighted by molar-refractivity contribution is 0.0940. The third kappa shape index (κ3) is 5.57. The SMILES string of the molecule is COc1cccc(CNC(=O)c2nc3ccc(F)c(OC(Cc4ccccc4)c4cccs4)c3c(=O)[nH]2)c1. The summed E-state index contributed by atoms with van der Waals surface area (Å²) in [6.07, 6.45) is -0.0458. The van der Waals surface area contributed by atoms with Crippen LogP contribution in [-0.4, -0.2) is 23.0 Å². The molecule has 2 heterocycles. The summed E-state index contributed by atoms with van der Waals surface area (Å²) in [5.74, 6) is -0.971. The van der Waals surface area contributed by atoms with Crippen LogP contribution in [0.4, 0.5) is 4.39 Å². The maximum Gasteiger partial charge on any atom is 0.287 e. The number of rotatable bonds is 9. The van der Waals surface area contributed by atoms with Gasteiger partial charge in [0.05, 0.1) is 12.6 Å². The van der Waals surface area contributed by atoms with E-state index in [9.17, 15) is 9.59 Å². The molecule has 5 rings (SSSR count). The number of benzene rings is 3. The Hall–Kier alpha value is -4.50. The van der Waals surface area contributed by atoms with Gasteiger partial charge in [-0.05, 0) is 46.8 Å². The molecule has 0 radical (unpaired) electrons. The number of hydrogen-bond acceptors (Lipinski definition) is 6. The molecule has 0 spiro atoms. The van der Waals surface area contributed by atoms with Gasteiger partial charge in [-0.2, -0.15) is 0 Å². The highest BCUT2D eigenvalue weighted by Gasteiger charge is 2.22. The maximum atomic E-state index is 15.1. The van der Waals surface area contributed by atoms with Crippen LogP contribution < -0.4 is 20.3 Å². The highest BCUT2D eigenvalue weighted by molar-refractivity contribution is 7.10. The van der Waals surface area contributed by atoms with Gasteiger partial charge >= 0.3 is 0 Å². The predicted octanol–water partition coefficient (Wildman–Crippen LogP) is 5.43. The second-order valence-electron chi connectivity index (χ2n) is 8.53. The molecule has 0 aliphatic carbocycles. The molecule has 0 fully saturated rings. The van der Waals surface area contributed by atoms with Crippen molar-refractivity contribution in [3.63, 3.8) is 0 Å². The molecule has 0 aliphatic heterocycles. The molecule has 2 N–H and O–H groups in total. The van der Waals surface area contributed by atoms with Gasteiger partial charge in [0.25, 0.3) is 11.5 Å². The molecule has 0 aliphatic rings. The van der Waals surface area contributed by atoms with Gasteiger partial charge in [-0.25, -0.2) is 9.37 Å². The van der Waals surface area contributed by atoms with Crippen LogP contribution in [0.15, 0.2) is 89.0 Å². The van der Waals surface area contributed by atoms with Crippen molar-refractivity contribution in [3.8, 4) is 11.5 Å². The highest BCUT2D eigenvalue weighted by Crippen LogP contribution is 2.33. The van der Waals surface area contributed by atoms with Crippen molar-refractivity contribution in [1.29, 1.82) is 0 Å². The van der Waals surface area contributed by atoms with Crippen molar-refractivity contribution < 1.29 is 18.7 Å². The molecule has 0 saturated heterocycles. The number of carbonyl (C=O) groups is 1. The number of methoxy groups -OCH3 is 1. The Balaban J connectivity index is 1.43. The Bertz CT molecular complexity index is 1620. The molecular weight excluding hydrogens is 505 g/mol. The first kappa shape index (κ1) is 25.2. The normalized spacial score (nSPS) is 11.7. The van der Waals surface area contributed by atoms with Crippen molar-refractivity contribution in [1.82, 2.24) is 15.3 Å². The lowest BCUT2D eigenvalue weighted by Gasteiger charge is -2.20. The number of aromatic amines is 1. The second kappa shape index (κ2) is 11.3. The van der Waals surface area contributed by atoms with Crippen molar-refractivity contribution in [3.05, 3.63) is 122 Å². The maximum absolute atomic E-state index is 15.1. The fourth-order valence-corrected chi connectivity index (χ4v) is 4.85. The highest BCUT2D eigenvalue weighted by atomic mass is 32.1. The van der Waals surface area contributed by atoms with Crippen LogP contribution in [0, 0.1) is 5.82 Å². The molecule has 3 aromatic carbocycles. The zero-order valence-corrected chi connectivity index (χ0v) is 21.3. The number of carbonyl (C=O) groups excluding carboxylic acids is 1. The molecule has 0 bridgehead atoms. The number of halogens is 1. The lowest BCUT2D eigenvalue weighted by Crippen LogP contribution is -2.27. The van der Waals surface area contributed by atoms with E-state index in [2.05, 4.69) is 15.3 Å². The number of thiophene rings is 1. The van der Waals surface area contributed by atoms with Gasteiger partial charge in [-0.15, -0.1) is 11.3 Å². The van der Waals surface area contributed by atoms with Crippen molar-refractivity contribution in [2.24, 2.45) is 0 Å². The minimum atomic E-state index is -0.686. The molecule has 2 aromatic heterocycles. The van der Waals surface area contributed by atoms with E-state index in [1.54, 1.807) is 19.2 Å². The zero-order chi connectivity index (χ0) is 26.5. The van der Waals surface area contributed by atoms with Gasteiger partial charge in [-0.1, -0.05) is 48.5 Å². The van der Waals surface area contributed by atoms with Gasteiger partial charge in [-0.3, -0.25) is 9.59 Å². The molecule has 192 valence electrons. The van der Waals surface area contributed by atoms with Gasteiger partial charge < -0.3 is 19.8 Å². The molecular formula is C29H24FN3O4S. The lowest BCUT2D eigenvalue weighted by atomic mass is 10.1. The van der Waals surface area contributed by atoms with E-state index in [4.69, 9.17) is 9.47 Å². The van der Waals surface area contributed by atoms with Crippen molar-refractivity contribution >= 4 is 28.1 Å². The summed E-state index contributed by atoms with van der Waals surface area (Å²) in [6, 6.07) is 23.3. The van der Waals surface area contributed by atoms with E-state index in [0.29, 0.717) is 12.2 Å². The summed E-state index contributed by atoms with van der Waals surface area (Å²) in [5, 5.41) is 4.60. The van der Waals surface area contributed by atoms with Gasteiger partial charge in [0.15, 0.2) is 17.4 Å². The largest absolute Gasteiger partial charge is 0.497 e. The number of aromatic nitrogens is 2. The summed E-state index contributed by atoms with van der Waals surface area (Å²) in [5.41, 5.74) is 1.31. The Kier molecular flexibility index (Phi) is 7.46. The summed E-state index contributed by atoms with van der Waals surface area (Å²) >= 11 is 1.49. The van der Waals surface area contributed by atoms with E-state index in [-0.39, 0.29) is 29.0 Å². The third-order valence-electron chi connectivity index (χ3n) is 5.97. The van der Waals surface area contributed by atoms with E-state index >= 15 is 4.39 Å². The van der Waals surface area contributed by atoms with Crippen LogP contribution >= 0.6 is 11.3 Å². The Morgan fingerprint density at radius 1 is 1.05 bits per heavy atom. The molecule has 7 nitrogen and oxygen atoms in total. The molecule has 1 atom stereocenters. The Morgan fingerprint density at radius 2 is 1.87 bits per heavy atom. The fraction of sp³-hybridized carbons (Fsp3) is 0.138. The molecule has 38 heavy (non-hydrogen) atoms. The standard InChI is InChI=1S/C29H24FN3O4S/c1-36-20-10-5-9-19(15-20)17-31-29(35)27-32-22-13-12-21(30)26(25(22)28(34)33-27)37-23(24-11-6-14-38-24)16-18-7-3-2-4-8-18/h2-15,23H,16-17H2,1H3,(H,31,35)(H,32,33,34). The Labute approximate surface area is 221 Å². The third-order valence-corrected chi connectivity index (χ3v) is 6.93. The van der Waals surface area contributed by atoms with Crippen LogP contribution in [0.5, 0.6) is 11.5 Å². The van der Waals surface area contributed by atoms with Crippen LogP contribution in [-0.2, 0) is 13.0 Å². The quantitative estimate of drug-likeness (QED) is 0.266. The molecule has 1 unspecified atom stereocenters. The number of amides is 1. The summed E-state index contributed by atoms with van der Waals surface area (Å²) < 4.78 is 26.5. The number of nitrogens with one attached hydrogen (secondary N) is 2. The molecule has 0 saturated carbocycles. The Morgan fingerprint density at radius 3 is 2.63 bits per heavy atom. The summed E-state index contributed by atoms with van der Waals surface area (Å²) in [7, 11) is 1.56. The van der Waals surface area contributed by atoms with Crippen LogP contribution in [0.2, 0.25) is 0 Å². The van der Waals surface area contributed by atoms with E-state index in [1.165, 1.54) is 23.5 Å². The van der Waals surface area contributed by atoms with Crippen molar-refractivity contribution in [2.75, 3.05) is 7.11 Å². The monoisotopic (exact) mass is 529 g/mol. The van der Waals surface area contributed by atoms with E-state index < -0.39 is 23.4 Å². The second-order valence-corrected chi connectivity index (χ2v) is 9.51. The van der Waals surface area contributed by atoms with Gasteiger partial charge in [0.1, 0.15) is 17.2 Å². The number of hydrogen-bond donors (Lipinski definition) is 2. The van der Waals surface area contributed by atoms with E-state index in [1.807, 2.05) is 60.0 Å². The number of nitrogens with zero attached hydrogens (tertiary/aromatic N) is 1. The fourth-order valence-electron chi connectivity index (χ4n) is 4.09. The zero-order valence-electron chi connectivity index (χ0n) is 20.4. The minimum absolute atomic E-state index is 0.0519. The smallest absolute Gasteiger partial charge is 0.287 e. The first-order chi connectivity index (χ1) is 18.5. The first-order valence-electron chi connectivity index (χ1n) is 11.9. The number of H-pyrrole nitrogens is 1.